The van der Waals surface area contributed by atoms with Crippen molar-refractivity contribution < 1.29 is 13.3 Å². The maximum absolute atomic E-state index is 5.93. The number of unbranched alkanes of at least 4 members (excludes halogenated alkanes) is 1. The van der Waals surface area contributed by atoms with Crippen molar-refractivity contribution in [3.63, 3.8) is 0 Å². The van der Waals surface area contributed by atoms with Gasteiger partial charge in [0.2, 0.25) is 0 Å². The second-order valence-corrected chi connectivity index (χ2v) is 8.85. The lowest BCUT2D eigenvalue weighted by atomic mass is 10.2. The predicted molar refractivity (Wildman–Crippen MR) is 97.8 cm³/mol. The van der Waals surface area contributed by atoms with Crippen LogP contribution < -0.4 is 0 Å². The molecule has 1 fully saturated rings. The number of nitrogens with zero attached hydrogens (tertiary/aromatic N) is 2. The normalized spacial score (nSPS) is 17.7. The zero-order valence-corrected chi connectivity index (χ0v) is 16.8. The Bertz CT molecular complexity index is 270. The average Bonchev–Trinajstić information content (AvgIpc) is 2.55. The molecule has 0 aliphatic carbocycles. The van der Waals surface area contributed by atoms with Crippen LogP contribution >= 0.6 is 0 Å². The Morgan fingerprint density at radius 1 is 0.696 bits per heavy atom. The van der Waals surface area contributed by atoms with Gasteiger partial charge in [-0.15, -0.1) is 0 Å². The molecule has 0 aromatic rings. The van der Waals surface area contributed by atoms with E-state index in [1.807, 2.05) is 20.8 Å². The highest BCUT2D eigenvalue weighted by Crippen LogP contribution is 2.19. The molecule has 0 spiro atoms. The smallest absolute Gasteiger partial charge is 0.374 e. The Hall–Kier alpha value is 0.0169. The Morgan fingerprint density at radius 2 is 1.13 bits per heavy atom. The lowest BCUT2D eigenvalue weighted by Crippen LogP contribution is -2.48. The Kier molecular flexibility index (Phi) is 11.3. The molecular weight excluding hydrogens is 308 g/mol. The molecule has 1 aliphatic heterocycles. The molecule has 0 atom stereocenters. The van der Waals surface area contributed by atoms with Gasteiger partial charge in [-0.3, -0.25) is 0 Å². The van der Waals surface area contributed by atoms with Crippen molar-refractivity contribution in [3.8, 4) is 0 Å². The van der Waals surface area contributed by atoms with E-state index in [0.29, 0.717) is 19.8 Å². The van der Waals surface area contributed by atoms with Gasteiger partial charge in [-0.05, 0) is 46.7 Å². The van der Waals surface area contributed by atoms with E-state index in [4.69, 9.17) is 13.3 Å². The molecule has 5 nitrogen and oxygen atoms in total. The summed E-state index contributed by atoms with van der Waals surface area (Å²) >= 11 is 0. The third kappa shape index (κ3) is 8.09. The van der Waals surface area contributed by atoms with E-state index in [1.165, 1.54) is 45.6 Å². The van der Waals surface area contributed by atoms with Crippen molar-refractivity contribution in [1.82, 2.24) is 9.80 Å². The van der Waals surface area contributed by atoms with Crippen LogP contribution in [0.5, 0.6) is 0 Å². The number of piperazine rings is 1. The zero-order valence-electron chi connectivity index (χ0n) is 15.8. The molecule has 138 valence electrons. The van der Waals surface area contributed by atoms with E-state index >= 15 is 0 Å². The number of hydrogen-bond acceptors (Lipinski definition) is 5. The first-order chi connectivity index (χ1) is 11.2. The summed E-state index contributed by atoms with van der Waals surface area (Å²) in [6.45, 7) is 17.5. The van der Waals surface area contributed by atoms with Crippen LogP contribution in [0.25, 0.3) is 0 Å². The van der Waals surface area contributed by atoms with Crippen molar-refractivity contribution in [1.29, 1.82) is 0 Å². The van der Waals surface area contributed by atoms with Gasteiger partial charge >= 0.3 is 8.80 Å². The van der Waals surface area contributed by atoms with E-state index in [2.05, 4.69) is 16.7 Å². The van der Waals surface area contributed by atoms with Gasteiger partial charge in [0.25, 0.3) is 0 Å². The van der Waals surface area contributed by atoms with Crippen LogP contribution in [0.15, 0.2) is 0 Å². The lowest BCUT2D eigenvalue weighted by molar-refractivity contribution is 0.0687. The second kappa shape index (κ2) is 12.4. The van der Waals surface area contributed by atoms with E-state index in [-0.39, 0.29) is 0 Å². The summed E-state index contributed by atoms with van der Waals surface area (Å²) < 4.78 is 17.8. The molecule has 0 unspecified atom stereocenters. The van der Waals surface area contributed by atoms with Gasteiger partial charge in [-0.25, -0.2) is 0 Å². The fraction of sp³-hybridized carbons (Fsp3) is 1.00. The predicted octanol–water partition coefficient (Wildman–Crippen LogP) is 2.84. The Labute approximate surface area is 144 Å². The highest BCUT2D eigenvalue weighted by atomic mass is 28.4. The first-order valence-corrected chi connectivity index (χ1v) is 11.5. The topological polar surface area (TPSA) is 34.2 Å². The molecule has 0 amide bonds. The molecule has 0 radical (unpaired) electrons. The summed E-state index contributed by atoms with van der Waals surface area (Å²) in [4.78, 5) is 5.17. The Balaban J connectivity index is 2.30. The molecule has 6 heteroatoms. The maximum atomic E-state index is 5.93. The molecule has 0 bridgehead atoms. The van der Waals surface area contributed by atoms with Gasteiger partial charge in [0, 0.05) is 52.0 Å². The molecular formula is C17H38N2O3Si. The third-order valence-corrected chi connectivity index (χ3v) is 7.49. The summed E-state index contributed by atoms with van der Waals surface area (Å²) in [6.07, 6.45) is 3.71. The first-order valence-electron chi connectivity index (χ1n) is 9.56. The van der Waals surface area contributed by atoms with Crippen LogP contribution in [-0.4, -0.2) is 77.7 Å². The van der Waals surface area contributed by atoms with Crippen LogP contribution in [0.4, 0.5) is 0 Å². The molecule has 23 heavy (non-hydrogen) atoms. The van der Waals surface area contributed by atoms with E-state index in [0.717, 1.165) is 19.0 Å². The molecule has 0 aromatic heterocycles. The minimum atomic E-state index is -2.45. The second-order valence-electron chi connectivity index (χ2n) is 6.12. The van der Waals surface area contributed by atoms with Gasteiger partial charge in [0.05, 0.1) is 0 Å². The van der Waals surface area contributed by atoms with Crippen LogP contribution in [0, 0.1) is 0 Å². The highest BCUT2D eigenvalue weighted by molar-refractivity contribution is 6.60. The molecule has 1 saturated heterocycles. The molecule has 1 heterocycles. The Morgan fingerprint density at radius 3 is 1.52 bits per heavy atom. The van der Waals surface area contributed by atoms with Gasteiger partial charge in [-0.2, -0.15) is 0 Å². The summed E-state index contributed by atoms with van der Waals surface area (Å²) in [6, 6.07) is 0.929. The van der Waals surface area contributed by atoms with Gasteiger partial charge in [0.15, 0.2) is 0 Å². The van der Waals surface area contributed by atoms with E-state index < -0.39 is 8.80 Å². The van der Waals surface area contributed by atoms with Crippen LogP contribution in [0.3, 0.4) is 0 Å². The standard InChI is InChI=1S/C17H38N2O3Si/c1-5-9-11-18-13-15-19(16-14-18)12-10-17-23(20-6-2,21-7-3)22-8-4/h5-17H2,1-4H3. The average molecular weight is 347 g/mol. The number of rotatable bonds is 13. The molecule has 0 N–H and O–H groups in total. The molecule has 1 rings (SSSR count). The third-order valence-electron chi connectivity index (χ3n) is 4.34. The van der Waals surface area contributed by atoms with Crippen LogP contribution in [0.1, 0.15) is 47.0 Å². The van der Waals surface area contributed by atoms with Crippen molar-refractivity contribution in [2.75, 3.05) is 59.1 Å². The largest absolute Gasteiger partial charge is 0.500 e. The minimum absolute atomic E-state index is 0.669. The molecule has 1 aliphatic rings. The summed E-state index contributed by atoms with van der Waals surface area (Å²) in [5.41, 5.74) is 0. The zero-order chi connectivity index (χ0) is 17.0. The van der Waals surface area contributed by atoms with Crippen molar-refractivity contribution in [3.05, 3.63) is 0 Å². The van der Waals surface area contributed by atoms with Crippen molar-refractivity contribution in [2.45, 2.75) is 53.0 Å². The summed E-state index contributed by atoms with van der Waals surface area (Å²) in [5.74, 6) is 0. The van der Waals surface area contributed by atoms with Crippen molar-refractivity contribution in [2.24, 2.45) is 0 Å². The molecule has 0 aromatic carbocycles. The summed E-state index contributed by atoms with van der Waals surface area (Å²) in [5, 5.41) is 0. The fourth-order valence-corrected chi connectivity index (χ4v) is 5.73. The number of hydrogen-bond donors (Lipinski definition) is 0. The lowest BCUT2D eigenvalue weighted by Gasteiger charge is -2.35. The van der Waals surface area contributed by atoms with E-state index in [9.17, 15) is 0 Å². The van der Waals surface area contributed by atoms with E-state index in [1.54, 1.807) is 0 Å². The van der Waals surface area contributed by atoms with Gasteiger partial charge in [0.1, 0.15) is 0 Å². The van der Waals surface area contributed by atoms with Gasteiger partial charge in [-0.1, -0.05) is 13.3 Å². The highest BCUT2D eigenvalue weighted by Gasteiger charge is 2.39. The summed E-state index contributed by atoms with van der Waals surface area (Å²) in [7, 11) is -2.45. The first kappa shape index (κ1) is 21.1. The fourth-order valence-electron chi connectivity index (χ4n) is 3.14. The van der Waals surface area contributed by atoms with Crippen LogP contribution in [0.2, 0.25) is 6.04 Å². The maximum Gasteiger partial charge on any atom is 0.500 e. The minimum Gasteiger partial charge on any atom is -0.374 e. The SMILES string of the molecule is CCCCN1CCN(CCC[Si](OCC)(OCC)OCC)CC1. The monoisotopic (exact) mass is 346 g/mol. The quantitative estimate of drug-likeness (QED) is 0.479. The molecule has 0 saturated carbocycles. The van der Waals surface area contributed by atoms with Gasteiger partial charge < -0.3 is 23.1 Å². The van der Waals surface area contributed by atoms with Crippen molar-refractivity contribution >= 4 is 8.80 Å². The van der Waals surface area contributed by atoms with Crippen LogP contribution in [-0.2, 0) is 13.3 Å².